The molecule has 0 radical (unpaired) electrons. The Balaban J connectivity index is 1.47. The lowest BCUT2D eigenvalue weighted by molar-refractivity contribution is 0.0239. The summed E-state index contributed by atoms with van der Waals surface area (Å²) >= 11 is 0. The lowest BCUT2D eigenvalue weighted by Gasteiger charge is -2.38. The molecule has 1 saturated carbocycles. The summed E-state index contributed by atoms with van der Waals surface area (Å²) in [6.45, 7) is 0. The van der Waals surface area contributed by atoms with Crippen LogP contribution in [0.5, 0.6) is 0 Å². The number of rotatable bonds is 6. The number of hydrogen-bond donors (Lipinski definition) is 3. The van der Waals surface area contributed by atoms with Gasteiger partial charge in [-0.15, -0.1) is 0 Å². The largest absolute Gasteiger partial charge is 0.393 e. The molecule has 1 aliphatic carbocycles. The molecule has 6 nitrogen and oxygen atoms in total. The summed E-state index contributed by atoms with van der Waals surface area (Å²) in [4.78, 5) is 17.0. The van der Waals surface area contributed by atoms with Crippen LogP contribution in [0.4, 0.5) is 0 Å². The lowest BCUT2D eigenvalue weighted by atomic mass is 9.75. The van der Waals surface area contributed by atoms with Crippen molar-refractivity contribution in [2.75, 3.05) is 0 Å². The Labute approximate surface area is 157 Å². The van der Waals surface area contributed by atoms with Gasteiger partial charge in [-0.3, -0.25) is 14.9 Å². The second-order valence-electron chi connectivity index (χ2n) is 7.04. The molecule has 2 heterocycles. The Morgan fingerprint density at radius 3 is 2.63 bits per heavy atom. The topological polar surface area (TPSA) is 90.9 Å². The van der Waals surface area contributed by atoms with Crippen LogP contribution in [0.15, 0.2) is 60.8 Å². The number of benzene rings is 1. The number of aromatic amines is 1. The van der Waals surface area contributed by atoms with Gasteiger partial charge < -0.3 is 10.4 Å². The first-order valence-electron chi connectivity index (χ1n) is 9.18. The molecule has 1 atom stereocenters. The van der Waals surface area contributed by atoms with Crippen LogP contribution in [0, 0.1) is 5.92 Å². The minimum absolute atomic E-state index is 0.0232. The van der Waals surface area contributed by atoms with E-state index in [1.54, 1.807) is 12.3 Å². The van der Waals surface area contributed by atoms with Crippen molar-refractivity contribution in [3.8, 4) is 11.4 Å². The number of aromatic nitrogens is 3. The Morgan fingerprint density at radius 1 is 1.15 bits per heavy atom. The van der Waals surface area contributed by atoms with Gasteiger partial charge in [-0.2, -0.15) is 5.10 Å². The molecule has 0 spiro atoms. The smallest absolute Gasteiger partial charge is 0.269 e. The third kappa shape index (κ3) is 4.06. The highest BCUT2D eigenvalue weighted by molar-refractivity contribution is 5.93. The molecule has 1 amide bonds. The Hall–Kier alpha value is -2.99. The summed E-state index contributed by atoms with van der Waals surface area (Å²) in [6, 6.07) is 17.4. The van der Waals surface area contributed by atoms with Crippen LogP contribution >= 0.6 is 0 Å². The number of carbonyl (C=O) groups excluding carboxylic acids is 1. The molecule has 4 rings (SSSR count). The molecule has 0 bridgehead atoms. The van der Waals surface area contributed by atoms with Gasteiger partial charge >= 0.3 is 0 Å². The summed E-state index contributed by atoms with van der Waals surface area (Å²) in [5.74, 6) is 0.0920. The number of carbonyl (C=O) groups is 1. The second kappa shape index (κ2) is 7.72. The molecule has 0 unspecified atom stereocenters. The van der Waals surface area contributed by atoms with Gasteiger partial charge in [-0.05, 0) is 48.9 Å². The number of pyridine rings is 1. The van der Waals surface area contributed by atoms with E-state index >= 15 is 0 Å². The number of H-pyrrole nitrogens is 1. The van der Waals surface area contributed by atoms with Crippen molar-refractivity contribution < 1.29 is 9.90 Å². The Kier molecular flexibility index (Phi) is 4.98. The third-order valence-corrected chi connectivity index (χ3v) is 5.08. The van der Waals surface area contributed by atoms with Gasteiger partial charge in [0.1, 0.15) is 11.4 Å². The van der Waals surface area contributed by atoms with Crippen LogP contribution in [0.2, 0.25) is 0 Å². The van der Waals surface area contributed by atoms with Crippen LogP contribution in [0.1, 0.15) is 28.9 Å². The lowest BCUT2D eigenvalue weighted by Crippen LogP contribution is -2.48. The van der Waals surface area contributed by atoms with Crippen molar-refractivity contribution in [3.05, 3.63) is 72.1 Å². The van der Waals surface area contributed by atoms with Crippen LogP contribution in [0.3, 0.4) is 0 Å². The van der Waals surface area contributed by atoms with Crippen molar-refractivity contribution in [3.63, 3.8) is 0 Å². The predicted molar refractivity (Wildman–Crippen MR) is 102 cm³/mol. The van der Waals surface area contributed by atoms with Crippen LogP contribution in [-0.4, -0.2) is 38.3 Å². The molecule has 27 heavy (non-hydrogen) atoms. The number of aliphatic hydroxyl groups excluding tert-OH is 1. The quantitative estimate of drug-likeness (QED) is 0.629. The molecule has 3 N–H and O–H groups in total. The maximum atomic E-state index is 12.8. The highest BCUT2D eigenvalue weighted by Crippen LogP contribution is 2.32. The van der Waals surface area contributed by atoms with Crippen LogP contribution in [-0.2, 0) is 6.42 Å². The molecule has 0 saturated heterocycles. The fourth-order valence-corrected chi connectivity index (χ4v) is 3.49. The SMILES string of the molecule is O=C(N[C@H](Cc1ccccc1)C1CC(O)C1)c1cc(-c2ccccn2)n[nH]1. The van der Waals surface area contributed by atoms with Crippen molar-refractivity contribution in [1.29, 1.82) is 0 Å². The van der Waals surface area contributed by atoms with E-state index in [4.69, 9.17) is 0 Å². The zero-order valence-electron chi connectivity index (χ0n) is 14.9. The first-order valence-corrected chi connectivity index (χ1v) is 9.18. The average Bonchev–Trinajstić information content (AvgIpc) is 3.17. The number of nitrogens with one attached hydrogen (secondary N) is 2. The Bertz CT molecular complexity index is 889. The number of amides is 1. The van der Waals surface area contributed by atoms with E-state index in [9.17, 15) is 9.90 Å². The minimum atomic E-state index is -0.256. The van der Waals surface area contributed by atoms with Gasteiger partial charge in [-0.25, -0.2) is 0 Å². The zero-order chi connectivity index (χ0) is 18.6. The van der Waals surface area contributed by atoms with E-state index in [0.717, 1.165) is 25.0 Å². The first kappa shape index (κ1) is 17.4. The highest BCUT2D eigenvalue weighted by atomic mass is 16.3. The molecule has 1 aromatic carbocycles. The van der Waals surface area contributed by atoms with E-state index in [1.807, 2.05) is 36.4 Å². The van der Waals surface area contributed by atoms with E-state index in [1.165, 1.54) is 5.56 Å². The van der Waals surface area contributed by atoms with Crippen molar-refractivity contribution >= 4 is 5.91 Å². The Morgan fingerprint density at radius 2 is 1.93 bits per heavy atom. The number of hydrogen-bond acceptors (Lipinski definition) is 4. The molecule has 3 aromatic rings. The van der Waals surface area contributed by atoms with Crippen LogP contribution in [0.25, 0.3) is 11.4 Å². The van der Waals surface area contributed by atoms with Crippen molar-refractivity contribution in [1.82, 2.24) is 20.5 Å². The van der Waals surface area contributed by atoms with Gasteiger partial charge in [0.2, 0.25) is 0 Å². The van der Waals surface area contributed by atoms with Crippen LogP contribution < -0.4 is 5.32 Å². The molecular formula is C21H22N4O2. The van der Waals surface area contributed by atoms with Gasteiger partial charge in [0.25, 0.3) is 5.91 Å². The van der Waals surface area contributed by atoms with Crippen molar-refractivity contribution in [2.24, 2.45) is 5.92 Å². The highest BCUT2D eigenvalue weighted by Gasteiger charge is 2.35. The summed E-state index contributed by atoms with van der Waals surface area (Å²) < 4.78 is 0. The zero-order valence-corrected chi connectivity index (χ0v) is 14.9. The molecular weight excluding hydrogens is 340 g/mol. The van der Waals surface area contributed by atoms with Gasteiger partial charge in [0.05, 0.1) is 11.8 Å². The summed E-state index contributed by atoms with van der Waals surface area (Å²) in [7, 11) is 0. The maximum Gasteiger partial charge on any atom is 0.269 e. The van der Waals surface area contributed by atoms with Gasteiger partial charge in [0.15, 0.2) is 0 Å². The fraction of sp³-hybridized carbons (Fsp3) is 0.286. The first-order chi connectivity index (χ1) is 13.2. The van der Waals surface area contributed by atoms with Gasteiger partial charge in [-0.1, -0.05) is 36.4 Å². The molecule has 1 fully saturated rings. The standard InChI is InChI=1S/C21H22N4O2/c26-16-11-15(12-16)18(10-14-6-2-1-3-7-14)23-21(27)20-13-19(24-25-20)17-8-4-5-9-22-17/h1-9,13,15-16,18,26H,10-12H2,(H,23,27)(H,24,25)/t15?,16?,18-/m1/s1. The predicted octanol–water partition coefficient (Wildman–Crippen LogP) is 2.58. The minimum Gasteiger partial charge on any atom is -0.393 e. The van der Waals surface area contributed by atoms with Gasteiger partial charge in [0, 0.05) is 12.2 Å². The van der Waals surface area contributed by atoms with Crippen molar-refractivity contribution in [2.45, 2.75) is 31.4 Å². The van der Waals surface area contributed by atoms with E-state index < -0.39 is 0 Å². The monoisotopic (exact) mass is 362 g/mol. The number of nitrogens with zero attached hydrogens (tertiary/aromatic N) is 2. The second-order valence-corrected chi connectivity index (χ2v) is 7.04. The maximum absolute atomic E-state index is 12.8. The van der Waals surface area contributed by atoms with E-state index in [2.05, 4.69) is 32.6 Å². The molecule has 138 valence electrons. The molecule has 1 aliphatic rings. The molecule has 2 aromatic heterocycles. The summed E-state index contributed by atoms with van der Waals surface area (Å²) in [6.07, 6.45) is 3.63. The fourth-order valence-electron chi connectivity index (χ4n) is 3.49. The summed E-state index contributed by atoms with van der Waals surface area (Å²) in [5.41, 5.74) is 2.94. The number of aliphatic hydroxyl groups is 1. The van der Waals surface area contributed by atoms with E-state index in [-0.39, 0.29) is 24.0 Å². The average molecular weight is 362 g/mol. The van der Waals surface area contributed by atoms with E-state index in [0.29, 0.717) is 11.4 Å². The normalized spacial score (nSPS) is 19.9. The summed E-state index contributed by atoms with van der Waals surface area (Å²) in [5, 5.41) is 19.8. The molecule has 6 heteroatoms. The third-order valence-electron chi connectivity index (χ3n) is 5.08. The molecule has 0 aliphatic heterocycles.